The fourth-order valence-corrected chi connectivity index (χ4v) is 2.17. The minimum atomic E-state index is -3.55. The van der Waals surface area contributed by atoms with E-state index in [1.807, 2.05) is 0 Å². The third-order valence-corrected chi connectivity index (χ3v) is 3.12. The Labute approximate surface area is 82.6 Å². The second-order valence-corrected chi connectivity index (χ2v) is 4.71. The molecule has 1 rings (SSSR count). The molecular weight excluding hydrogens is 206 g/mol. The maximum Gasteiger partial charge on any atom is 0.257 e. The van der Waals surface area contributed by atoms with Gasteiger partial charge in [0.15, 0.2) is 5.03 Å². The van der Waals surface area contributed by atoms with E-state index in [-0.39, 0.29) is 11.6 Å². The highest BCUT2D eigenvalue weighted by molar-refractivity contribution is 7.89. The van der Waals surface area contributed by atoms with E-state index in [1.54, 1.807) is 0 Å². The van der Waals surface area contributed by atoms with Crippen molar-refractivity contribution in [3.63, 3.8) is 0 Å². The Morgan fingerprint density at radius 3 is 2.79 bits per heavy atom. The summed E-state index contributed by atoms with van der Waals surface area (Å²) in [5, 5.41) is 12.8. The van der Waals surface area contributed by atoms with Crippen molar-refractivity contribution < 1.29 is 13.5 Å². The van der Waals surface area contributed by atoms with Gasteiger partial charge in [0.2, 0.25) is 0 Å². The van der Waals surface area contributed by atoms with Gasteiger partial charge in [0, 0.05) is 13.6 Å². The fourth-order valence-electron chi connectivity index (χ4n) is 0.930. The van der Waals surface area contributed by atoms with Gasteiger partial charge < -0.3 is 5.11 Å². The van der Waals surface area contributed by atoms with Gasteiger partial charge >= 0.3 is 0 Å². The van der Waals surface area contributed by atoms with Crippen LogP contribution in [0.1, 0.15) is 6.92 Å². The Kier molecular flexibility index (Phi) is 3.25. The van der Waals surface area contributed by atoms with Crippen LogP contribution in [-0.4, -0.2) is 36.0 Å². The van der Waals surface area contributed by atoms with Gasteiger partial charge in [-0.05, 0) is 13.0 Å². The Morgan fingerprint density at radius 2 is 2.36 bits per heavy atom. The molecule has 80 valence electrons. The second-order valence-electron chi connectivity index (χ2n) is 2.99. The van der Waals surface area contributed by atoms with Crippen molar-refractivity contribution in [1.82, 2.24) is 14.5 Å². The van der Waals surface area contributed by atoms with E-state index in [4.69, 9.17) is 5.11 Å². The van der Waals surface area contributed by atoms with E-state index in [0.29, 0.717) is 0 Å². The smallest absolute Gasteiger partial charge is 0.257 e. The van der Waals surface area contributed by atoms with Crippen LogP contribution in [0.5, 0.6) is 0 Å². The van der Waals surface area contributed by atoms with Crippen molar-refractivity contribution in [3.8, 4) is 0 Å². The van der Waals surface area contributed by atoms with Gasteiger partial charge in [0.05, 0.1) is 12.3 Å². The molecule has 0 amide bonds. The highest BCUT2D eigenvalue weighted by atomic mass is 32.2. The number of hydrogen-bond acceptors (Lipinski definition) is 4. The Bertz CT molecular complexity index is 396. The first kappa shape index (κ1) is 11.2. The topological polar surface area (TPSA) is 84.2 Å². The molecule has 0 spiro atoms. The average molecular weight is 219 g/mol. The number of sulfonamides is 1. The molecule has 0 unspecified atom stereocenters. The van der Waals surface area contributed by atoms with Crippen LogP contribution in [0.25, 0.3) is 0 Å². The van der Waals surface area contributed by atoms with Crippen molar-refractivity contribution in [2.75, 3.05) is 6.54 Å². The minimum Gasteiger partial charge on any atom is -0.392 e. The lowest BCUT2D eigenvalue weighted by atomic mass is 10.4. The summed E-state index contributed by atoms with van der Waals surface area (Å²) in [6.07, 6.45) is 0.690. The van der Waals surface area contributed by atoms with E-state index in [1.165, 1.54) is 30.9 Å². The van der Waals surface area contributed by atoms with Crippen molar-refractivity contribution in [1.29, 1.82) is 0 Å². The predicted molar refractivity (Wildman–Crippen MR) is 50.1 cm³/mol. The maximum atomic E-state index is 11.5. The van der Waals surface area contributed by atoms with Crippen LogP contribution < -0.4 is 4.72 Å². The average Bonchev–Trinajstić information content (AvgIpc) is 2.48. The first-order valence-electron chi connectivity index (χ1n) is 4.09. The zero-order valence-electron chi connectivity index (χ0n) is 8.01. The summed E-state index contributed by atoms with van der Waals surface area (Å²) in [7, 11) is -2.01. The van der Waals surface area contributed by atoms with Gasteiger partial charge in [-0.15, -0.1) is 0 Å². The van der Waals surface area contributed by atoms with Crippen LogP contribution >= 0.6 is 0 Å². The van der Waals surface area contributed by atoms with Crippen molar-refractivity contribution >= 4 is 10.0 Å². The van der Waals surface area contributed by atoms with Gasteiger partial charge in [-0.3, -0.25) is 4.68 Å². The number of aromatic nitrogens is 2. The summed E-state index contributed by atoms with van der Waals surface area (Å²) in [5.74, 6) is 0. The normalized spacial score (nSPS) is 14.2. The molecular formula is C7H13N3O3S. The molecule has 6 nitrogen and oxygen atoms in total. The van der Waals surface area contributed by atoms with Crippen LogP contribution in [-0.2, 0) is 17.1 Å². The molecule has 1 aromatic rings. The molecule has 0 aliphatic heterocycles. The summed E-state index contributed by atoms with van der Waals surface area (Å²) in [4.78, 5) is 0. The number of aliphatic hydroxyl groups is 1. The maximum absolute atomic E-state index is 11.5. The van der Waals surface area contributed by atoms with Gasteiger partial charge in [0.1, 0.15) is 0 Å². The Morgan fingerprint density at radius 1 is 1.71 bits per heavy atom. The van der Waals surface area contributed by atoms with E-state index in [9.17, 15) is 8.42 Å². The lowest BCUT2D eigenvalue weighted by Gasteiger charge is -2.07. The van der Waals surface area contributed by atoms with Crippen molar-refractivity contribution in [3.05, 3.63) is 12.3 Å². The summed E-state index contributed by atoms with van der Waals surface area (Å²) >= 11 is 0. The second kappa shape index (κ2) is 4.07. The molecule has 0 aromatic carbocycles. The van der Waals surface area contributed by atoms with Crippen LogP contribution in [0.2, 0.25) is 0 Å². The van der Waals surface area contributed by atoms with Crippen LogP contribution in [0.15, 0.2) is 17.3 Å². The van der Waals surface area contributed by atoms with Crippen LogP contribution in [0.3, 0.4) is 0 Å². The number of aliphatic hydroxyl groups excluding tert-OH is 1. The molecule has 0 bridgehead atoms. The lowest BCUT2D eigenvalue weighted by molar-refractivity contribution is 0.198. The van der Waals surface area contributed by atoms with E-state index < -0.39 is 16.1 Å². The SMILES string of the molecule is C[C@H](O)CNS(=O)(=O)c1ccnn1C. The lowest BCUT2D eigenvalue weighted by Crippen LogP contribution is -2.31. The molecule has 0 fully saturated rings. The number of aryl methyl sites for hydroxylation is 1. The molecule has 0 saturated carbocycles. The monoisotopic (exact) mass is 219 g/mol. The molecule has 0 saturated heterocycles. The highest BCUT2D eigenvalue weighted by Crippen LogP contribution is 2.05. The standard InChI is InChI=1S/C7H13N3O3S/c1-6(11)5-9-14(12,13)7-3-4-8-10(7)2/h3-4,6,9,11H,5H2,1-2H3/t6-/m0/s1. The first-order chi connectivity index (χ1) is 6.43. The molecule has 0 aliphatic rings. The molecule has 1 atom stereocenters. The van der Waals surface area contributed by atoms with Crippen LogP contribution in [0, 0.1) is 0 Å². The third kappa shape index (κ3) is 2.53. The molecule has 7 heteroatoms. The summed E-state index contributed by atoms with van der Waals surface area (Å²) < 4.78 is 26.6. The molecule has 2 N–H and O–H groups in total. The predicted octanol–water partition coefficient (Wildman–Crippen LogP) is -0.921. The van der Waals surface area contributed by atoms with E-state index in [2.05, 4.69) is 9.82 Å². The first-order valence-corrected chi connectivity index (χ1v) is 5.57. The van der Waals surface area contributed by atoms with E-state index in [0.717, 1.165) is 0 Å². The summed E-state index contributed by atoms with van der Waals surface area (Å²) in [6, 6.07) is 1.39. The van der Waals surface area contributed by atoms with Crippen molar-refractivity contribution in [2.45, 2.75) is 18.1 Å². The molecule has 1 heterocycles. The molecule has 14 heavy (non-hydrogen) atoms. The third-order valence-electron chi connectivity index (χ3n) is 1.62. The number of rotatable bonds is 4. The van der Waals surface area contributed by atoms with Gasteiger partial charge in [-0.2, -0.15) is 5.10 Å². The molecule has 1 aromatic heterocycles. The summed E-state index contributed by atoms with van der Waals surface area (Å²) in [6.45, 7) is 1.50. The van der Waals surface area contributed by atoms with Crippen molar-refractivity contribution in [2.24, 2.45) is 7.05 Å². The highest BCUT2D eigenvalue weighted by Gasteiger charge is 2.17. The molecule has 0 radical (unpaired) electrons. The minimum absolute atomic E-state index is 0.00644. The summed E-state index contributed by atoms with van der Waals surface area (Å²) in [5.41, 5.74) is 0. The number of hydrogen-bond donors (Lipinski definition) is 2. The van der Waals surface area contributed by atoms with Gasteiger partial charge in [-0.1, -0.05) is 0 Å². The zero-order chi connectivity index (χ0) is 10.8. The number of nitrogens with zero attached hydrogens (tertiary/aromatic N) is 2. The van der Waals surface area contributed by atoms with E-state index >= 15 is 0 Å². The number of nitrogens with one attached hydrogen (secondary N) is 1. The van der Waals surface area contributed by atoms with Gasteiger partial charge in [0.25, 0.3) is 10.0 Å². The molecule has 0 aliphatic carbocycles. The fraction of sp³-hybridized carbons (Fsp3) is 0.571. The van der Waals surface area contributed by atoms with Crippen LogP contribution in [0.4, 0.5) is 0 Å². The zero-order valence-corrected chi connectivity index (χ0v) is 8.82. The largest absolute Gasteiger partial charge is 0.392 e. The quantitative estimate of drug-likeness (QED) is 0.686. The Hall–Kier alpha value is -0.920. The Balaban J connectivity index is 2.82. The van der Waals surface area contributed by atoms with Gasteiger partial charge in [-0.25, -0.2) is 13.1 Å².